The molecule has 0 radical (unpaired) electrons. The van der Waals surface area contributed by atoms with Crippen molar-refractivity contribution < 1.29 is 9.53 Å². The summed E-state index contributed by atoms with van der Waals surface area (Å²) in [5.74, 6) is 0.177. The Bertz CT molecular complexity index is 296. The van der Waals surface area contributed by atoms with Gasteiger partial charge in [0.05, 0.1) is 18.8 Å². The molecule has 0 amide bonds. The zero-order valence-electron chi connectivity index (χ0n) is 8.56. The largest absolute Gasteiger partial charge is 0.383 e. The third-order valence-electron chi connectivity index (χ3n) is 1.84. The molecule has 0 unspecified atom stereocenters. The van der Waals surface area contributed by atoms with E-state index in [4.69, 9.17) is 4.74 Å². The minimum Gasteiger partial charge on any atom is -0.383 e. The number of carbonyl (C=O) groups excluding carboxylic acids is 1. The maximum Gasteiger partial charge on any atom is 0.130 e. The summed E-state index contributed by atoms with van der Waals surface area (Å²) in [6.07, 6.45) is 3.05. The summed E-state index contributed by atoms with van der Waals surface area (Å²) < 4.78 is 6.63. The van der Waals surface area contributed by atoms with Gasteiger partial charge in [0.1, 0.15) is 5.78 Å². The first-order valence-corrected chi connectivity index (χ1v) is 4.59. The molecule has 0 N–H and O–H groups in total. The number of aryl methyl sites for hydroxylation is 1. The molecule has 1 heterocycles. The SMILES string of the molecule is COCCn1cc(CCC(C)=O)nn1. The minimum atomic E-state index is 0.177. The Labute approximate surface area is 83.1 Å². The Morgan fingerprint density at radius 2 is 2.43 bits per heavy atom. The fourth-order valence-electron chi connectivity index (χ4n) is 1.05. The van der Waals surface area contributed by atoms with Gasteiger partial charge in [-0.15, -0.1) is 5.10 Å². The second kappa shape index (κ2) is 5.49. The van der Waals surface area contributed by atoms with Gasteiger partial charge in [0.25, 0.3) is 0 Å². The second-order valence-corrected chi connectivity index (χ2v) is 3.17. The predicted octanol–water partition coefficient (Wildman–Crippen LogP) is 0.446. The number of aromatic nitrogens is 3. The van der Waals surface area contributed by atoms with Gasteiger partial charge >= 0.3 is 0 Å². The molecule has 0 aliphatic heterocycles. The van der Waals surface area contributed by atoms with Gasteiger partial charge in [-0.2, -0.15) is 0 Å². The molecule has 0 saturated carbocycles. The first-order chi connectivity index (χ1) is 6.72. The van der Waals surface area contributed by atoms with E-state index in [0.29, 0.717) is 26.0 Å². The number of hydrogen-bond donors (Lipinski definition) is 0. The van der Waals surface area contributed by atoms with E-state index in [2.05, 4.69) is 10.3 Å². The lowest BCUT2D eigenvalue weighted by molar-refractivity contribution is -0.116. The molecule has 0 aliphatic carbocycles. The van der Waals surface area contributed by atoms with E-state index in [1.165, 1.54) is 0 Å². The van der Waals surface area contributed by atoms with Gasteiger partial charge in [-0.1, -0.05) is 5.21 Å². The highest BCUT2D eigenvalue weighted by molar-refractivity contribution is 5.75. The molecule has 1 aromatic heterocycles. The van der Waals surface area contributed by atoms with Crippen LogP contribution in [-0.2, 0) is 22.5 Å². The van der Waals surface area contributed by atoms with Crippen LogP contribution in [0.4, 0.5) is 0 Å². The van der Waals surface area contributed by atoms with E-state index < -0.39 is 0 Å². The standard InChI is InChI=1S/C9H15N3O2/c1-8(13)3-4-9-7-12(11-10-9)5-6-14-2/h7H,3-6H2,1-2H3. The zero-order chi connectivity index (χ0) is 10.4. The van der Waals surface area contributed by atoms with E-state index in [1.54, 1.807) is 18.7 Å². The van der Waals surface area contributed by atoms with Gasteiger partial charge in [-0.25, -0.2) is 4.68 Å². The molecule has 0 aromatic carbocycles. The van der Waals surface area contributed by atoms with Crippen LogP contribution in [0.5, 0.6) is 0 Å². The number of carbonyl (C=O) groups is 1. The maximum atomic E-state index is 10.7. The lowest BCUT2D eigenvalue weighted by Crippen LogP contribution is -2.04. The predicted molar refractivity (Wildman–Crippen MR) is 50.9 cm³/mol. The summed E-state index contributed by atoms with van der Waals surface area (Å²) in [5, 5.41) is 7.85. The number of rotatable bonds is 6. The van der Waals surface area contributed by atoms with Crippen LogP contribution in [0.3, 0.4) is 0 Å². The molecule has 0 spiro atoms. The highest BCUT2D eigenvalue weighted by Gasteiger charge is 2.01. The van der Waals surface area contributed by atoms with Gasteiger partial charge in [0.15, 0.2) is 0 Å². The highest BCUT2D eigenvalue weighted by atomic mass is 16.5. The lowest BCUT2D eigenvalue weighted by atomic mass is 10.2. The van der Waals surface area contributed by atoms with Crippen LogP contribution in [0, 0.1) is 0 Å². The summed E-state index contributed by atoms with van der Waals surface area (Å²) in [7, 11) is 1.65. The molecule has 0 aliphatic rings. The number of Topliss-reactive ketones (excluding diaryl/α,β-unsaturated/α-hetero) is 1. The van der Waals surface area contributed by atoms with Crippen molar-refractivity contribution in [2.24, 2.45) is 0 Å². The Hall–Kier alpha value is -1.23. The van der Waals surface area contributed by atoms with Gasteiger partial charge < -0.3 is 9.53 Å². The van der Waals surface area contributed by atoms with E-state index in [1.807, 2.05) is 6.20 Å². The first kappa shape index (κ1) is 10.8. The van der Waals surface area contributed by atoms with Crippen molar-refractivity contribution in [1.29, 1.82) is 0 Å². The minimum absolute atomic E-state index is 0.177. The summed E-state index contributed by atoms with van der Waals surface area (Å²) >= 11 is 0. The highest BCUT2D eigenvalue weighted by Crippen LogP contribution is 1.98. The smallest absolute Gasteiger partial charge is 0.130 e. The van der Waals surface area contributed by atoms with Crippen molar-refractivity contribution in [3.63, 3.8) is 0 Å². The Morgan fingerprint density at radius 1 is 1.64 bits per heavy atom. The molecular weight excluding hydrogens is 182 g/mol. The van der Waals surface area contributed by atoms with Crippen LogP contribution in [0.15, 0.2) is 6.20 Å². The quantitative estimate of drug-likeness (QED) is 0.664. The summed E-state index contributed by atoms with van der Waals surface area (Å²) in [6.45, 7) is 2.90. The molecule has 14 heavy (non-hydrogen) atoms. The van der Waals surface area contributed by atoms with Gasteiger partial charge in [0, 0.05) is 19.7 Å². The Morgan fingerprint density at radius 3 is 3.07 bits per heavy atom. The zero-order valence-corrected chi connectivity index (χ0v) is 8.56. The molecule has 0 fully saturated rings. The van der Waals surface area contributed by atoms with Gasteiger partial charge in [-0.3, -0.25) is 0 Å². The molecule has 1 aromatic rings. The summed E-state index contributed by atoms with van der Waals surface area (Å²) in [6, 6.07) is 0. The first-order valence-electron chi connectivity index (χ1n) is 4.59. The molecule has 0 bridgehead atoms. The van der Waals surface area contributed by atoms with Crippen LogP contribution in [0.2, 0.25) is 0 Å². The number of nitrogens with zero attached hydrogens (tertiary/aromatic N) is 3. The Balaban J connectivity index is 2.38. The number of methoxy groups -OCH3 is 1. The molecule has 0 atom stereocenters. The monoisotopic (exact) mass is 197 g/mol. The van der Waals surface area contributed by atoms with Crippen molar-refractivity contribution in [3.05, 3.63) is 11.9 Å². The lowest BCUT2D eigenvalue weighted by Gasteiger charge is -1.96. The van der Waals surface area contributed by atoms with E-state index >= 15 is 0 Å². The Kier molecular flexibility index (Phi) is 4.25. The molecular formula is C9H15N3O2. The van der Waals surface area contributed by atoms with Crippen LogP contribution in [0.1, 0.15) is 19.0 Å². The maximum absolute atomic E-state index is 10.7. The van der Waals surface area contributed by atoms with E-state index in [-0.39, 0.29) is 5.78 Å². The van der Waals surface area contributed by atoms with Crippen molar-refractivity contribution in [2.75, 3.05) is 13.7 Å². The van der Waals surface area contributed by atoms with Crippen molar-refractivity contribution >= 4 is 5.78 Å². The molecule has 5 nitrogen and oxygen atoms in total. The van der Waals surface area contributed by atoms with Gasteiger partial charge in [-0.05, 0) is 13.3 Å². The average Bonchev–Trinajstić information content (AvgIpc) is 2.59. The second-order valence-electron chi connectivity index (χ2n) is 3.17. The summed E-state index contributed by atoms with van der Waals surface area (Å²) in [4.78, 5) is 10.7. The number of ketones is 1. The van der Waals surface area contributed by atoms with E-state index in [9.17, 15) is 4.79 Å². The van der Waals surface area contributed by atoms with Crippen LogP contribution >= 0.6 is 0 Å². The van der Waals surface area contributed by atoms with Crippen molar-refractivity contribution in [3.8, 4) is 0 Å². The third kappa shape index (κ3) is 3.66. The molecule has 78 valence electrons. The molecule has 1 rings (SSSR count). The fraction of sp³-hybridized carbons (Fsp3) is 0.667. The fourth-order valence-corrected chi connectivity index (χ4v) is 1.05. The number of ether oxygens (including phenoxy) is 1. The molecule has 5 heteroatoms. The summed E-state index contributed by atoms with van der Waals surface area (Å²) in [5.41, 5.74) is 0.858. The van der Waals surface area contributed by atoms with Crippen molar-refractivity contribution in [1.82, 2.24) is 15.0 Å². The van der Waals surface area contributed by atoms with Crippen LogP contribution in [-0.4, -0.2) is 34.5 Å². The van der Waals surface area contributed by atoms with Crippen molar-refractivity contribution in [2.45, 2.75) is 26.3 Å². The van der Waals surface area contributed by atoms with Gasteiger partial charge in [0.2, 0.25) is 0 Å². The number of hydrogen-bond acceptors (Lipinski definition) is 4. The molecule has 0 saturated heterocycles. The topological polar surface area (TPSA) is 57.0 Å². The van der Waals surface area contributed by atoms with Crippen LogP contribution in [0.25, 0.3) is 0 Å². The van der Waals surface area contributed by atoms with Crippen LogP contribution < -0.4 is 0 Å². The third-order valence-corrected chi connectivity index (χ3v) is 1.84. The average molecular weight is 197 g/mol. The van der Waals surface area contributed by atoms with E-state index in [0.717, 1.165) is 5.69 Å². The normalized spacial score (nSPS) is 10.4.